The molecule has 4 saturated carbocycles. The molecule has 5 aliphatic rings. The maximum atomic E-state index is 12.9. The van der Waals surface area contributed by atoms with E-state index in [0.29, 0.717) is 18.4 Å². The van der Waals surface area contributed by atoms with E-state index in [1.54, 1.807) is 25.7 Å². The Bertz CT molecular complexity index is 494. The Kier molecular flexibility index (Phi) is 13.8. The Morgan fingerprint density at radius 2 is 1.42 bits per heavy atom. The third-order valence-electron chi connectivity index (χ3n) is 9.16. The molecule has 5 rings (SSSR count). The summed E-state index contributed by atoms with van der Waals surface area (Å²) in [5.74, 6) is 2.69. The molecule has 1 saturated heterocycles. The molecule has 0 spiro atoms. The molecule has 0 aromatic rings. The predicted molar refractivity (Wildman–Crippen MR) is 140 cm³/mol. The van der Waals surface area contributed by atoms with Gasteiger partial charge in [-0.25, -0.2) is 0 Å². The van der Waals surface area contributed by atoms with Gasteiger partial charge in [0, 0.05) is 0 Å². The van der Waals surface area contributed by atoms with Gasteiger partial charge >= 0.3 is 20.1 Å². The van der Waals surface area contributed by atoms with E-state index in [0.717, 1.165) is 42.5 Å². The predicted octanol–water partition coefficient (Wildman–Crippen LogP) is 9.20. The number of alkyl halides is 1. The van der Waals surface area contributed by atoms with Crippen LogP contribution in [0.5, 0.6) is 0 Å². The Morgan fingerprint density at radius 3 is 2.12 bits per heavy atom. The SMILES string of the molecule is FC1C[CH-]C(C2CCCC[N-]2)CC1.[CH-]1CCCCC1C1CCCCC1PC1CCCCC1.[Ir+3]. The Balaban J connectivity index is 0.000000192. The van der Waals surface area contributed by atoms with Gasteiger partial charge in [-0.15, -0.1) is 21.5 Å². The molecule has 0 bridgehead atoms. The van der Waals surface area contributed by atoms with E-state index in [4.69, 9.17) is 0 Å². The first-order chi connectivity index (χ1) is 15.8. The maximum Gasteiger partial charge on any atom is 3.00 e. The van der Waals surface area contributed by atoms with E-state index in [1.165, 1.54) is 85.6 Å². The van der Waals surface area contributed by atoms with Crippen molar-refractivity contribution in [3.63, 3.8) is 0 Å². The van der Waals surface area contributed by atoms with Crippen molar-refractivity contribution in [2.24, 2.45) is 17.8 Å². The fourth-order valence-corrected chi connectivity index (χ4v) is 9.64. The fraction of sp³-hybridized carbons (Fsp3) is 0.931. The average Bonchev–Trinajstić information content (AvgIpc) is 2.87. The number of piperidine rings is 1. The molecule has 0 N–H and O–H groups in total. The molecule has 7 atom stereocenters. The van der Waals surface area contributed by atoms with Crippen LogP contribution in [0.15, 0.2) is 0 Å². The summed E-state index contributed by atoms with van der Waals surface area (Å²) >= 11 is 0. The van der Waals surface area contributed by atoms with Crippen LogP contribution in [0.4, 0.5) is 4.39 Å². The van der Waals surface area contributed by atoms with E-state index in [1.807, 2.05) is 0 Å². The zero-order valence-electron chi connectivity index (χ0n) is 21.0. The summed E-state index contributed by atoms with van der Waals surface area (Å²) in [4.78, 5) is 0. The maximum absolute atomic E-state index is 12.9. The van der Waals surface area contributed by atoms with Gasteiger partial charge in [-0.3, -0.25) is 4.39 Å². The molecule has 0 radical (unpaired) electrons. The van der Waals surface area contributed by atoms with Crippen LogP contribution in [0.3, 0.4) is 0 Å². The summed E-state index contributed by atoms with van der Waals surface area (Å²) in [6.45, 7) is 1.04. The van der Waals surface area contributed by atoms with Crippen LogP contribution in [0, 0.1) is 30.6 Å². The van der Waals surface area contributed by atoms with Crippen LogP contribution in [0.2, 0.25) is 0 Å². The first-order valence-electron chi connectivity index (χ1n) is 14.5. The third kappa shape index (κ3) is 9.41. The van der Waals surface area contributed by atoms with Crippen molar-refractivity contribution in [2.45, 2.75) is 146 Å². The van der Waals surface area contributed by atoms with Crippen LogP contribution >= 0.6 is 8.58 Å². The Hall–Kier alpha value is 0.969. The van der Waals surface area contributed by atoms with Gasteiger partial charge in [0.1, 0.15) is 0 Å². The first-order valence-corrected chi connectivity index (χ1v) is 15.7. The van der Waals surface area contributed by atoms with Gasteiger partial charge < -0.3 is 18.2 Å². The van der Waals surface area contributed by atoms with Gasteiger partial charge in [0.2, 0.25) is 0 Å². The van der Waals surface area contributed by atoms with Crippen molar-refractivity contribution in [3.05, 3.63) is 18.2 Å². The summed E-state index contributed by atoms with van der Waals surface area (Å²) < 4.78 is 12.9. The molecule has 5 fully saturated rings. The summed E-state index contributed by atoms with van der Waals surface area (Å²) in [5.41, 5.74) is 2.25. The standard InChI is InChI=1S/C18H32P.C11H18FN.Ir/c1-3-9-15(10-4-1)17-13-7-8-14-18(17)19-16-11-5-2-6-12-16;12-10-6-4-9(5-7-10)11-3-1-2-8-13-11;/h9,15-19H,1-8,10-14H2;4,9-11H,1-3,5-8H2;/q-1;-2;+3. The number of hydrogen-bond acceptors (Lipinski definition) is 0. The monoisotopic (exact) mass is 655 g/mol. The Morgan fingerprint density at radius 1 is 0.667 bits per heavy atom. The second-order valence-electron chi connectivity index (χ2n) is 11.5. The van der Waals surface area contributed by atoms with Crippen LogP contribution in [-0.4, -0.2) is 30.1 Å². The van der Waals surface area contributed by atoms with Gasteiger partial charge in [0.05, 0.1) is 6.17 Å². The number of nitrogens with zero attached hydrogens (tertiary/aromatic N) is 1. The average molecular weight is 655 g/mol. The largest absolute Gasteiger partial charge is 3.00 e. The van der Waals surface area contributed by atoms with E-state index >= 15 is 0 Å². The minimum Gasteiger partial charge on any atom is -0.661 e. The van der Waals surface area contributed by atoms with E-state index in [-0.39, 0.29) is 20.1 Å². The molecular formula is C29H50FIrNP. The third-order valence-corrected chi connectivity index (χ3v) is 11.4. The molecule has 192 valence electrons. The molecule has 0 aromatic heterocycles. The van der Waals surface area contributed by atoms with Crippen molar-refractivity contribution < 1.29 is 24.5 Å². The van der Waals surface area contributed by atoms with Crippen LogP contribution < -0.4 is 0 Å². The van der Waals surface area contributed by atoms with E-state index in [9.17, 15) is 4.39 Å². The van der Waals surface area contributed by atoms with Crippen LogP contribution in [-0.2, 0) is 20.1 Å². The zero-order chi connectivity index (χ0) is 22.0. The van der Waals surface area contributed by atoms with E-state index in [2.05, 4.69) is 18.2 Å². The molecular weight excluding hydrogens is 605 g/mol. The summed E-state index contributed by atoms with van der Waals surface area (Å²) in [6, 6.07) is 0.529. The van der Waals surface area contributed by atoms with Gasteiger partial charge in [0.15, 0.2) is 0 Å². The number of rotatable bonds is 4. The quantitative estimate of drug-likeness (QED) is 0.212. The summed E-state index contributed by atoms with van der Waals surface area (Å²) in [7, 11) is 1.32. The second kappa shape index (κ2) is 15.9. The smallest absolute Gasteiger partial charge is 0.661 e. The summed E-state index contributed by atoms with van der Waals surface area (Å²) in [5, 5.41) is 4.62. The van der Waals surface area contributed by atoms with Gasteiger partial charge in [-0.1, -0.05) is 89.4 Å². The topological polar surface area (TPSA) is 14.1 Å². The molecule has 33 heavy (non-hydrogen) atoms. The fourth-order valence-electron chi connectivity index (χ4n) is 7.26. The van der Waals surface area contributed by atoms with Crippen LogP contribution in [0.25, 0.3) is 5.32 Å². The number of hydrogen-bond donors (Lipinski definition) is 0. The second-order valence-corrected chi connectivity index (χ2v) is 13.4. The van der Waals surface area contributed by atoms with Crippen LogP contribution in [0.1, 0.15) is 122 Å². The molecule has 4 aliphatic carbocycles. The minimum atomic E-state index is -0.570. The zero-order valence-corrected chi connectivity index (χ0v) is 24.4. The van der Waals surface area contributed by atoms with Gasteiger partial charge in [-0.05, 0) is 37.0 Å². The first kappa shape index (κ1) is 28.5. The molecule has 0 amide bonds. The van der Waals surface area contributed by atoms with Crippen molar-refractivity contribution in [1.29, 1.82) is 0 Å². The van der Waals surface area contributed by atoms with Crippen molar-refractivity contribution in [3.8, 4) is 0 Å². The van der Waals surface area contributed by atoms with Crippen molar-refractivity contribution in [1.82, 2.24) is 0 Å². The summed E-state index contributed by atoms with van der Waals surface area (Å²) in [6.07, 6.45) is 30.4. The van der Waals surface area contributed by atoms with Gasteiger partial charge in [0.25, 0.3) is 0 Å². The molecule has 1 heterocycles. The molecule has 1 nitrogen and oxygen atoms in total. The normalized spacial score (nSPS) is 38.8. The van der Waals surface area contributed by atoms with Crippen molar-refractivity contribution >= 4 is 8.58 Å². The Labute approximate surface area is 220 Å². The number of halogens is 1. The van der Waals surface area contributed by atoms with Crippen molar-refractivity contribution in [2.75, 3.05) is 6.54 Å². The van der Waals surface area contributed by atoms with Gasteiger partial charge in [-0.2, -0.15) is 24.3 Å². The minimum absolute atomic E-state index is 0. The van der Waals surface area contributed by atoms with E-state index < -0.39 is 6.17 Å². The molecule has 4 heteroatoms. The molecule has 7 unspecified atom stereocenters. The molecule has 0 aromatic carbocycles. The molecule has 1 aliphatic heterocycles.